The summed E-state index contributed by atoms with van der Waals surface area (Å²) in [5.41, 5.74) is 1.08. The maximum Gasteiger partial charge on any atom is 0.421 e. The van der Waals surface area contributed by atoms with Crippen LogP contribution in [0.3, 0.4) is 0 Å². The first-order chi connectivity index (χ1) is 36.2. The Hall–Kier alpha value is -8.43. The first-order valence-electron chi connectivity index (χ1n) is 22.9. The maximum absolute atomic E-state index is 14.4. The number of nitrogens with zero attached hydrogens (tertiary/aromatic N) is 9. The summed E-state index contributed by atoms with van der Waals surface area (Å²) in [5.74, 6) is -0.929. The zero-order chi connectivity index (χ0) is 53.8. The molecular weight excluding hydrogens is 1040 g/mol. The van der Waals surface area contributed by atoms with Crippen molar-refractivity contribution in [3.05, 3.63) is 197 Å². The Labute approximate surface area is 435 Å². The summed E-state index contributed by atoms with van der Waals surface area (Å²) >= 11 is 13.6. The molecule has 0 aliphatic rings. The van der Waals surface area contributed by atoms with Crippen molar-refractivity contribution in [3.63, 3.8) is 0 Å². The summed E-state index contributed by atoms with van der Waals surface area (Å²) in [6, 6.07) is 21.4. The number of alkyl halides is 6. The molecule has 386 valence electrons. The second kappa shape index (κ2) is 20.0. The number of hydrogen-bond donors (Lipinski definition) is 1. The van der Waals surface area contributed by atoms with Crippen LogP contribution in [0.1, 0.15) is 44.9 Å². The summed E-state index contributed by atoms with van der Waals surface area (Å²) in [4.78, 5) is 44.4. The Kier molecular flexibility index (Phi) is 13.5. The van der Waals surface area contributed by atoms with Crippen LogP contribution in [-0.2, 0) is 45.7 Å². The average molecular weight is 1080 g/mol. The topological polar surface area (TPSA) is 161 Å². The number of aromatic nitrogens is 10. The number of hydrogen-bond acceptors (Lipinski definition) is 10. The van der Waals surface area contributed by atoms with E-state index >= 15 is 0 Å². The number of pyridine rings is 6. The molecule has 76 heavy (non-hydrogen) atoms. The van der Waals surface area contributed by atoms with Crippen LogP contribution in [0.5, 0.6) is 11.5 Å². The van der Waals surface area contributed by atoms with Crippen LogP contribution in [0.25, 0.3) is 55.7 Å². The summed E-state index contributed by atoms with van der Waals surface area (Å²) in [6.07, 6.45) is -3.89. The van der Waals surface area contributed by atoms with E-state index in [4.69, 9.17) is 52.7 Å². The molecule has 0 bridgehead atoms. The van der Waals surface area contributed by atoms with Crippen LogP contribution in [0, 0.1) is 19.7 Å². The smallest absolute Gasteiger partial charge is 0.421 e. The van der Waals surface area contributed by atoms with E-state index in [0.717, 1.165) is 27.3 Å². The summed E-state index contributed by atoms with van der Waals surface area (Å²) in [7, 11) is 1.69. The zero-order valence-corrected chi connectivity index (χ0v) is 41.4. The van der Waals surface area contributed by atoms with Crippen LogP contribution >= 0.6 is 23.2 Å². The molecule has 10 rings (SSSR count). The minimum atomic E-state index is -4.93. The van der Waals surface area contributed by atoms with E-state index in [-0.39, 0.29) is 63.2 Å². The second-order valence-electron chi connectivity index (χ2n) is 17.5. The summed E-state index contributed by atoms with van der Waals surface area (Å²) in [6.45, 7) is 2.16. The first-order valence-corrected chi connectivity index (χ1v) is 23.6. The highest BCUT2D eigenvalue weighted by Crippen LogP contribution is 2.38. The fourth-order valence-electron chi connectivity index (χ4n) is 8.82. The minimum absolute atomic E-state index is 0.0716. The standard InChI is InChI=1S/C53H37Cl2F7N10O4/c1-27-15-33(41-12-13-64-68-41)31-7-4-10-46(48(31)65-27)76-26-36-38(54)18-42(67-44(36)24-71-14-6-9-37(50(71)73)53(60,61)62)43-19-45(70(3)69-43)34-16-28(2)66-49-32(34)8-5-11-47(49)75-25-35-29(20-63-21-39(35)55)22-72-23-30(52(57,58)59)17-40(56)51(72)74/h4-21,23H,22,24-26H2,1-3H3,(H,64,68). The largest absolute Gasteiger partial charge is 0.487 e. The van der Waals surface area contributed by atoms with Gasteiger partial charge in [0.25, 0.3) is 11.1 Å². The molecule has 8 aromatic heterocycles. The monoisotopic (exact) mass is 1080 g/mol. The lowest BCUT2D eigenvalue weighted by molar-refractivity contribution is -0.139. The molecular formula is C53H37Cl2F7N10O4. The number of nitrogens with one attached hydrogen (secondary N) is 1. The van der Waals surface area contributed by atoms with E-state index in [9.17, 15) is 40.3 Å². The molecule has 0 radical (unpaired) electrons. The third-order valence-corrected chi connectivity index (χ3v) is 13.1. The first kappa shape index (κ1) is 51.1. The Morgan fingerprint density at radius 2 is 1.36 bits per heavy atom. The third-order valence-electron chi connectivity index (χ3n) is 12.4. The molecule has 1 N–H and O–H groups in total. The van der Waals surface area contributed by atoms with Gasteiger partial charge in [-0.3, -0.25) is 24.4 Å². The van der Waals surface area contributed by atoms with Crippen LogP contribution < -0.4 is 20.6 Å². The zero-order valence-electron chi connectivity index (χ0n) is 39.9. The van der Waals surface area contributed by atoms with Crippen molar-refractivity contribution < 1.29 is 40.2 Å². The second-order valence-corrected chi connectivity index (χ2v) is 18.4. The van der Waals surface area contributed by atoms with Crippen molar-refractivity contribution in [3.8, 4) is 45.4 Å². The number of fused-ring (bicyclic) bond motifs is 2. The number of H-pyrrole nitrogens is 1. The molecule has 8 heterocycles. The number of rotatable bonds is 13. The maximum atomic E-state index is 14.4. The molecule has 0 saturated carbocycles. The van der Waals surface area contributed by atoms with E-state index in [1.54, 1.807) is 67.3 Å². The lowest BCUT2D eigenvalue weighted by atomic mass is 10.0. The van der Waals surface area contributed by atoms with Gasteiger partial charge in [0.2, 0.25) is 0 Å². The number of aryl methyl sites for hydroxylation is 3. The highest BCUT2D eigenvalue weighted by atomic mass is 35.5. The molecule has 10 aromatic rings. The quantitative estimate of drug-likeness (QED) is 0.110. The molecule has 0 aliphatic carbocycles. The fraction of sp³-hybridized carbons (Fsp3) is 0.170. The van der Waals surface area contributed by atoms with Gasteiger partial charge in [-0.15, -0.1) is 0 Å². The SMILES string of the molecule is Cc1cc(-c2ccn[nH]2)c2cccc(OCc3c(Cl)cc(-c4cc(-c5cc(C)nc6c(OCc7c(Cl)cncc7Cn7cc(C(F)(F)F)cc(F)c7=O)cccc56)n(C)n4)nc3Cn3cccc(C(F)(F)F)c3=O)c2n1. The molecule has 0 amide bonds. The Morgan fingerprint density at radius 1 is 0.684 bits per heavy atom. The molecule has 2 aromatic carbocycles. The van der Waals surface area contributed by atoms with Crippen molar-refractivity contribution in [2.24, 2.45) is 7.05 Å². The van der Waals surface area contributed by atoms with Crippen LogP contribution in [0.15, 0.2) is 126 Å². The molecule has 0 unspecified atom stereocenters. The van der Waals surface area contributed by atoms with Crippen LogP contribution in [0.2, 0.25) is 10.0 Å². The van der Waals surface area contributed by atoms with E-state index < -0.39 is 53.5 Å². The van der Waals surface area contributed by atoms with Gasteiger partial charge in [-0.05, 0) is 80.1 Å². The van der Waals surface area contributed by atoms with Gasteiger partial charge in [-0.25, -0.2) is 19.3 Å². The molecule has 0 fully saturated rings. The van der Waals surface area contributed by atoms with Gasteiger partial charge in [0.1, 0.15) is 47.0 Å². The number of ether oxygens (including phenoxy) is 2. The Balaban J connectivity index is 0.994. The molecule has 23 heteroatoms. The normalized spacial score (nSPS) is 12.0. The molecule has 0 atom stereocenters. The van der Waals surface area contributed by atoms with Crippen LogP contribution in [0.4, 0.5) is 30.7 Å². The van der Waals surface area contributed by atoms with Gasteiger partial charge in [-0.2, -0.15) is 36.5 Å². The number of halogens is 9. The van der Waals surface area contributed by atoms with E-state index in [0.29, 0.717) is 67.3 Å². The molecule has 0 spiro atoms. The van der Waals surface area contributed by atoms with Crippen molar-refractivity contribution in [2.45, 2.75) is 52.5 Å². The van der Waals surface area contributed by atoms with Crippen molar-refractivity contribution >= 4 is 45.0 Å². The van der Waals surface area contributed by atoms with E-state index in [1.807, 2.05) is 31.2 Å². The highest BCUT2D eigenvalue weighted by Gasteiger charge is 2.35. The van der Waals surface area contributed by atoms with Gasteiger partial charge >= 0.3 is 12.4 Å². The van der Waals surface area contributed by atoms with Crippen molar-refractivity contribution in [1.29, 1.82) is 0 Å². The van der Waals surface area contributed by atoms with E-state index in [2.05, 4.69) is 15.2 Å². The van der Waals surface area contributed by atoms with Gasteiger partial charge in [0, 0.05) is 82.4 Å². The van der Waals surface area contributed by atoms with Gasteiger partial charge in [0.15, 0.2) is 5.82 Å². The molecule has 14 nitrogen and oxygen atoms in total. The molecule has 0 aliphatic heterocycles. The van der Waals surface area contributed by atoms with Crippen molar-refractivity contribution in [2.75, 3.05) is 0 Å². The van der Waals surface area contributed by atoms with Gasteiger partial charge in [-0.1, -0.05) is 47.5 Å². The lowest BCUT2D eigenvalue weighted by Gasteiger charge is -2.17. The van der Waals surface area contributed by atoms with Gasteiger partial charge < -0.3 is 18.6 Å². The predicted octanol–water partition coefficient (Wildman–Crippen LogP) is 11.7. The number of aromatic amines is 1. The van der Waals surface area contributed by atoms with Crippen LogP contribution in [-0.4, -0.2) is 49.0 Å². The van der Waals surface area contributed by atoms with E-state index in [1.165, 1.54) is 18.6 Å². The highest BCUT2D eigenvalue weighted by molar-refractivity contribution is 6.31. The number of para-hydroxylation sites is 2. The fourth-order valence-corrected chi connectivity index (χ4v) is 9.32. The summed E-state index contributed by atoms with van der Waals surface area (Å²) in [5, 5.41) is 13.4. The molecule has 0 saturated heterocycles. The Bertz CT molecular complexity index is 4030. The van der Waals surface area contributed by atoms with Crippen molar-refractivity contribution in [1.82, 2.24) is 49.0 Å². The predicted molar refractivity (Wildman–Crippen MR) is 268 cm³/mol. The summed E-state index contributed by atoms with van der Waals surface area (Å²) < 4.78 is 113. The Morgan fingerprint density at radius 3 is 2.01 bits per heavy atom. The minimum Gasteiger partial charge on any atom is -0.487 e. The lowest BCUT2D eigenvalue weighted by Crippen LogP contribution is -2.29. The third kappa shape index (κ3) is 10.1. The number of benzene rings is 2. The van der Waals surface area contributed by atoms with Gasteiger partial charge in [0.05, 0.1) is 51.5 Å². The average Bonchev–Trinajstić information content (AvgIpc) is 4.07.